The number of nitrogens with one attached hydrogen (secondary N) is 1. The lowest BCUT2D eigenvalue weighted by Gasteiger charge is -2.16. The quantitative estimate of drug-likeness (QED) is 0.875. The van der Waals surface area contributed by atoms with E-state index in [1.54, 1.807) is 0 Å². The molecule has 19 heavy (non-hydrogen) atoms. The van der Waals surface area contributed by atoms with E-state index in [0.29, 0.717) is 12.5 Å². The maximum absolute atomic E-state index is 13.7. The molecule has 1 heterocycles. The van der Waals surface area contributed by atoms with Crippen molar-refractivity contribution in [3.8, 4) is 0 Å². The first kappa shape index (κ1) is 14.2. The number of ether oxygens (including phenoxy) is 1. The number of sulfonamides is 1. The summed E-state index contributed by atoms with van der Waals surface area (Å²) in [4.78, 5) is -0.229. The first-order valence-corrected chi connectivity index (χ1v) is 7.60. The number of anilines is 1. The number of nitrogens with two attached hydrogens (primary N) is 1. The second-order valence-corrected chi connectivity index (χ2v) is 6.25. The molecule has 2 atom stereocenters. The zero-order valence-corrected chi connectivity index (χ0v) is 11.4. The minimum Gasteiger partial charge on any atom is -0.382 e. The lowest BCUT2D eigenvalue weighted by Crippen LogP contribution is -2.21. The smallest absolute Gasteiger partial charge is 0.238 e. The van der Waals surface area contributed by atoms with Gasteiger partial charge in [-0.15, -0.1) is 0 Å². The van der Waals surface area contributed by atoms with Gasteiger partial charge in [-0.25, -0.2) is 17.9 Å². The molecule has 0 radical (unpaired) electrons. The Hall–Kier alpha value is -1.18. The second kappa shape index (κ2) is 5.44. The minimum absolute atomic E-state index is 0.152. The van der Waals surface area contributed by atoms with Crippen molar-refractivity contribution in [2.75, 3.05) is 18.5 Å². The van der Waals surface area contributed by atoms with Gasteiger partial charge in [-0.05, 0) is 31.5 Å². The molecule has 106 valence electrons. The van der Waals surface area contributed by atoms with Crippen molar-refractivity contribution in [3.63, 3.8) is 0 Å². The van der Waals surface area contributed by atoms with Gasteiger partial charge in [0.05, 0.1) is 16.7 Å². The van der Waals surface area contributed by atoms with Crippen LogP contribution in [0.2, 0.25) is 0 Å². The van der Waals surface area contributed by atoms with E-state index in [1.165, 1.54) is 12.1 Å². The Balaban J connectivity index is 2.05. The molecule has 1 aliphatic heterocycles. The number of rotatable bonds is 4. The lowest BCUT2D eigenvalue weighted by molar-refractivity contribution is 0.108. The monoisotopic (exact) mass is 288 g/mol. The summed E-state index contributed by atoms with van der Waals surface area (Å²) in [5.74, 6) is -0.296. The Kier molecular flexibility index (Phi) is 4.07. The van der Waals surface area contributed by atoms with Crippen LogP contribution in [0, 0.1) is 11.7 Å². The minimum atomic E-state index is -3.87. The third kappa shape index (κ3) is 3.43. The number of hydrogen-bond acceptors (Lipinski definition) is 4. The summed E-state index contributed by atoms with van der Waals surface area (Å²) in [5.41, 5.74) is 0.270. The van der Waals surface area contributed by atoms with E-state index < -0.39 is 15.8 Å². The molecule has 2 unspecified atom stereocenters. The summed E-state index contributed by atoms with van der Waals surface area (Å²) >= 11 is 0. The van der Waals surface area contributed by atoms with Gasteiger partial charge in [0, 0.05) is 19.1 Å². The first-order chi connectivity index (χ1) is 8.88. The molecule has 0 aromatic heterocycles. The molecule has 0 amide bonds. The van der Waals surface area contributed by atoms with Crippen LogP contribution >= 0.6 is 0 Å². The number of primary sulfonamides is 1. The fourth-order valence-electron chi connectivity index (χ4n) is 2.10. The van der Waals surface area contributed by atoms with Crippen LogP contribution < -0.4 is 10.5 Å². The zero-order valence-electron chi connectivity index (χ0n) is 10.6. The van der Waals surface area contributed by atoms with Crippen molar-refractivity contribution in [2.45, 2.75) is 24.3 Å². The highest BCUT2D eigenvalue weighted by Crippen LogP contribution is 2.23. The normalized spacial score (nSPS) is 23.5. The third-order valence-electron chi connectivity index (χ3n) is 3.36. The van der Waals surface area contributed by atoms with E-state index in [-0.39, 0.29) is 16.7 Å². The molecular weight excluding hydrogens is 271 g/mol. The highest BCUT2D eigenvalue weighted by molar-refractivity contribution is 7.89. The molecule has 7 heteroatoms. The van der Waals surface area contributed by atoms with E-state index in [0.717, 1.165) is 19.1 Å². The van der Waals surface area contributed by atoms with Gasteiger partial charge in [-0.3, -0.25) is 0 Å². The summed E-state index contributed by atoms with van der Waals surface area (Å²) in [6.07, 6.45) is 1.09. The first-order valence-electron chi connectivity index (χ1n) is 6.06. The van der Waals surface area contributed by atoms with E-state index in [2.05, 4.69) is 5.32 Å². The van der Waals surface area contributed by atoms with Gasteiger partial charge < -0.3 is 10.1 Å². The maximum atomic E-state index is 13.7. The molecule has 0 spiro atoms. The fourth-order valence-corrected chi connectivity index (χ4v) is 2.63. The van der Waals surface area contributed by atoms with Crippen LogP contribution in [0.25, 0.3) is 0 Å². The van der Waals surface area contributed by atoms with Crippen LogP contribution in [0.1, 0.15) is 13.3 Å². The van der Waals surface area contributed by atoms with Crippen LogP contribution in [0.4, 0.5) is 10.1 Å². The second-order valence-electron chi connectivity index (χ2n) is 4.69. The zero-order chi connectivity index (χ0) is 14.0. The molecule has 1 aromatic rings. The van der Waals surface area contributed by atoms with Gasteiger partial charge >= 0.3 is 0 Å². The highest BCUT2D eigenvalue weighted by Gasteiger charge is 2.24. The molecule has 0 bridgehead atoms. The molecule has 2 rings (SSSR count). The average molecular weight is 288 g/mol. The SMILES string of the molecule is CC1OCCC1CNc1ccc(S(N)(=O)=O)cc1F. The summed E-state index contributed by atoms with van der Waals surface area (Å²) in [5, 5.41) is 7.91. The van der Waals surface area contributed by atoms with Gasteiger partial charge in [0.25, 0.3) is 0 Å². The van der Waals surface area contributed by atoms with E-state index >= 15 is 0 Å². The van der Waals surface area contributed by atoms with Gasteiger partial charge in [0.15, 0.2) is 0 Å². The van der Waals surface area contributed by atoms with Crippen molar-refractivity contribution in [2.24, 2.45) is 11.1 Å². The summed E-state index contributed by atoms with van der Waals surface area (Å²) in [6, 6.07) is 3.59. The summed E-state index contributed by atoms with van der Waals surface area (Å²) < 4.78 is 41.3. The van der Waals surface area contributed by atoms with Crippen LogP contribution in [0.15, 0.2) is 23.1 Å². The molecular formula is C12H17FN2O3S. The van der Waals surface area contributed by atoms with Gasteiger partial charge in [-0.2, -0.15) is 0 Å². The molecule has 0 aliphatic carbocycles. The molecule has 3 N–H and O–H groups in total. The van der Waals surface area contributed by atoms with Crippen LogP contribution in [0.3, 0.4) is 0 Å². The fraction of sp³-hybridized carbons (Fsp3) is 0.500. The molecule has 1 saturated heterocycles. The lowest BCUT2D eigenvalue weighted by atomic mass is 10.0. The van der Waals surface area contributed by atoms with E-state index in [9.17, 15) is 12.8 Å². The standard InChI is InChI=1S/C12H17FN2O3S/c1-8-9(4-5-18-8)7-15-12-3-2-10(6-11(12)13)19(14,16)17/h2-3,6,8-9,15H,4-5,7H2,1H3,(H2,14,16,17). The largest absolute Gasteiger partial charge is 0.382 e. The molecule has 1 fully saturated rings. The van der Waals surface area contributed by atoms with Crippen LogP contribution in [-0.4, -0.2) is 27.7 Å². The van der Waals surface area contributed by atoms with Gasteiger partial charge in [-0.1, -0.05) is 0 Å². The van der Waals surface area contributed by atoms with Crippen molar-refractivity contribution < 1.29 is 17.5 Å². The Morgan fingerprint density at radius 3 is 2.79 bits per heavy atom. The Bertz CT molecular complexity index is 562. The van der Waals surface area contributed by atoms with Crippen molar-refractivity contribution in [1.82, 2.24) is 0 Å². The van der Waals surface area contributed by atoms with Gasteiger partial charge in [0.1, 0.15) is 5.82 Å². The van der Waals surface area contributed by atoms with Crippen LogP contribution in [-0.2, 0) is 14.8 Å². The summed E-state index contributed by atoms with van der Waals surface area (Å²) in [6.45, 7) is 3.30. The summed E-state index contributed by atoms with van der Waals surface area (Å²) in [7, 11) is -3.87. The van der Waals surface area contributed by atoms with Gasteiger partial charge in [0.2, 0.25) is 10.0 Å². The topological polar surface area (TPSA) is 81.4 Å². The Labute approximate surface area is 112 Å². The van der Waals surface area contributed by atoms with Crippen molar-refractivity contribution in [3.05, 3.63) is 24.0 Å². The highest BCUT2D eigenvalue weighted by atomic mass is 32.2. The average Bonchev–Trinajstić information content (AvgIpc) is 2.72. The molecule has 0 saturated carbocycles. The Morgan fingerprint density at radius 2 is 2.26 bits per heavy atom. The predicted molar refractivity (Wildman–Crippen MR) is 69.8 cm³/mol. The molecule has 5 nitrogen and oxygen atoms in total. The predicted octanol–water partition coefficient (Wildman–Crippen LogP) is 1.31. The number of halogens is 1. The number of benzene rings is 1. The molecule has 1 aromatic carbocycles. The Morgan fingerprint density at radius 1 is 1.53 bits per heavy atom. The third-order valence-corrected chi connectivity index (χ3v) is 4.27. The van der Waals surface area contributed by atoms with Crippen molar-refractivity contribution in [1.29, 1.82) is 0 Å². The van der Waals surface area contributed by atoms with E-state index in [1.807, 2.05) is 6.92 Å². The molecule has 1 aliphatic rings. The van der Waals surface area contributed by atoms with E-state index in [4.69, 9.17) is 9.88 Å². The van der Waals surface area contributed by atoms with Crippen LogP contribution in [0.5, 0.6) is 0 Å². The van der Waals surface area contributed by atoms with Crippen molar-refractivity contribution >= 4 is 15.7 Å². The maximum Gasteiger partial charge on any atom is 0.238 e. The number of hydrogen-bond donors (Lipinski definition) is 2.